The summed E-state index contributed by atoms with van der Waals surface area (Å²) in [7, 11) is 0. The van der Waals surface area contributed by atoms with Crippen molar-refractivity contribution in [2.75, 3.05) is 5.32 Å². The zero-order chi connectivity index (χ0) is 18.3. The normalized spacial score (nSPS) is 13.8. The van der Waals surface area contributed by atoms with Crippen LogP contribution in [0.15, 0.2) is 10.5 Å². The van der Waals surface area contributed by atoms with Crippen LogP contribution in [0.1, 0.15) is 65.1 Å². The molecule has 0 aromatic carbocycles. The Hall–Kier alpha value is -2.48. The second-order valence-electron chi connectivity index (χ2n) is 6.87. The number of H-pyrrole nitrogens is 1. The summed E-state index contributed by atoms with van der Waals surface area (Å²) in [5.41, 5.74) is 3.41. The molecule has 1 amide bonds. The van der Waals surface area contributed by atoms with Crippen LogP contribution in [0.4, 0.5) is 5.69 Å². The van der Waals surface area contributed by atoms with Crippen LogP contribution >= 0.6 is 11.3 Å². The summed E-state index contributed by atoms with van der Waals surface area (Å²) in [5.74, 6) is 1.10. The van der Waals surface area contributed by atoms with Gasteiger partial charge in [-0.25, -0.2) is 0 Å². The van der Waals surface area contributed by atoms with Crippen molar-refractivity contribution in [2.45, 2.75) is 52.4 Å². The van der Waals surface area contributed by atoms with Gasteiger partial charge in [-0.15, -0.1) is 21.5 Å². The Bertz CT molecular complexity index is 953. The molecule has 0 saturated carbocycles. The van der Waals surface area contributed by atoms with E-state index < -0.39 is 0 Å². The molecule has 26 heavy (non-hydrogen) atoms. The number of aromatic nitrogens is 4. The summed E-state index contributed by atoms with van der Waals surface area (Å²) in [5, 5.41) is 18.4. The fourth-order valence-electron chi connectivity index (χ4n) is 3.13. The van der Waals surface area contributed by atoms with Crippen molar-refractivity contribution >= 4 is 22.9 Å². The number of amides is 1. The fraction of sp³-hybridized carbons (Fsp3) is 0.444. The number of fused-ring (bicyclic) bond motifs is 1. The number of hydrogen-bond acceptors (Lipinski definition) is 6. The standard InChI is InChI=1S/C18H21N5O2S/c1-9(2)17-22-23-18(25-17)14-8-13(10(3)26-14)19-16(24)15-11-6-4-5-7-12(11)20-21-15/h8-9H,4-7H2,1-3H3,(H,19,24)(H,20,21). The third-order valence-corrected chi connectivity index (χ3v) is 5.62. The molecule has 3 aromatic rings. The Morgan fingerprint density at radius 1 is 1.31 bits per heavy atom. The summed E-state index contributed by atoms with van der Waals surface area (Å²) in [4.78, 5) is 14.5. The van der Waals surface area contributed by atoms with Gasteiger partial charge in [0.1, 0.15) is 0 Å². The van der Waals surface area contributed by atoms with Gasteiger partial charge in [0, 0.05) is 22.1 Å². The average Bonchev–Trinajstić information content (AvgIpc) is 3.33. The lowest BCUT2D eigenvalue weighted by molar-refractivity contribution is 0.102. The van der Waals surface area contributed by atoms with Gasteiger partial charge in [-0.3, -0.25) is 9.89 Å². The van der Waals surface area contributed by atoms with Gasteiger partial charge in [0.25, 0.3) is 11.8 Å². The number of rotatable bonds is 4. The molecule has 3 aromatic heterocycles. The third kappa shape index (κ3) is 3.05. The Labute approximate surface area is 155 Å². The molecule has 3 heterocycles. The van der Waals surface area contributed by atoms with E-state index in [4.69, 9.17) is 4.42 Å². The van der Waals surface area contributed by atoms with Crippen molar-refractivity contribution in [1.82, 2.24) is 20.4 Å². The molecule has 0 radical (unpaired) electrons. The van der Waals surface area contributed by atoms with Crippen LogP contribution in [0.5, 0.6) is 0 Å². The zero-order valence-corrected chi connectivity index (χ0v) is 15.9. The molecule has 0 unspecified atom stereocenters. The Morgan fingerprint density at radius 2 is 2.12 bits per heavy atom. The molecule has 0 bridgehead atoms. The molecular formula is C18H21N5O2S. The van der Waals surface area contributed by atoms with Crippen LogP contribution in [-0.4, -0.2) is 26.3 Å². The Balaban J connectivity index is 1.56. The van der Waals surface area contributed by atoms with Gasteiger partial charge in [0.2, 0.25) is 5.89 Å². The molecule has 0 aliphatic heterocycles. The topological polar surface area (TPSA) is 96.7 Å². The molecule has 0 fully saturated rings. The predicted molar refractivity (Wildman–Crippen MR) is 99.6 cm³/mol. The summed E-state index contributed by atoms with van der Waals surface area (Å²) >= 11 is 1.52. The minimum atomic E-state index is -0.176. The molecule has 8 heteroatoms. The van der Waals surface area contributed by atoms with E-state index >= 15 is 0 Å². The predicted octanol–water partition coefficient (Wildman–Crippen LogP) is 4.08. The molecule has 1 aliphatic carbocycles. The highest BCUT2D eigenvalue weighted by atomic mass is 32.1. The molecule has 136 valence electrons. The maximum atomic E-state index is 12.7. The second-order valence-corrected chi connectivity index (χ2v) is 8.13. The van der Waals surface area contributed by atoms with E-state index in [1.807, 2.05) is 26.8 Å². The van der Waals surface area contributed by atoms with Gasteiger partial charge in [-0.1, -0.05) is 13.8 Å². The number of thiophene rings is 1. The molecule has 0 spiro atoms. The van der Waals surface area contributed by atoms with Crippen LogP contribution in [0, 0.1) is 6.92 Å². The van der Waals surface area contributed by atoms with Crippen LogP contribution in [-0.2, 0) is 12.8 Å². The molecule has 4 rings (SSSR count). The van der Waals surface area contributed by atoms with Gasteiger partial charge in [-0.2, -0.15) is 5.10 Å². The van der Waals surface area contributed by atoms with Crippen molar-refractivity contribution in [3.8, 4) is 10.8 Å². The minimum absolute atomic E-state index is 0.176. The number of nitrogens with one attached hydrogen (secondary N) is 2. The first-order chi connectivity index (χ1) is 12.5. The lowest BCUT2D eigenvalue weighted by Crippen LogP contribution is -2.15. The number of aromatic amines is 1. The first kappa shape index (κ1) is 17.0. The van der Waals surface area contributed by atoms with E-state index in [2.05, 4.69) is 25.7 Å². The van der Waals surface area contributed by atoms with Crippen LogP contribution in [0.3, 0.4) is 0 Å². The van der Waals surface area contributed by atoms with Crippen LogP contribution < -0.4 is 5.32 Å². The van der Waals surface area contributed by atoms with E-state index in [0.29, 0.717) is 17.5 Å². The lowest BCUT2D eigenvalue weighted by Gasteiger charge is -2.11. The molecular weight excluding hydrogens is 350 g/mol. The quantitative estimate of drug-likeness (QED) is 0.720. The van der Waals surface area contributed by atoms with Gasteiger partial charge in [0.15, 0.2) is 5.69 Å². The van der Waals surface area contributed by atoms with Crippen molar-refractivity contribution in [1.29, 1.82) is 0 Å². The number of aryl methyl sites for hydroxylation is 2. The van der Waals surface area contributed by atoms with E-state index in [0.717, 1.165) is 52.4 Å². The summed E-state index contributed by atoms with van der Waals surface area (Å²) in [6.07, 6.45) is 4.12. The molecule has 1 aliphatic rings. The summed E-state index contributed by atoms with van der Waals surface area (Å²) in [6, 6.07) is 1.88. The van der Waals surface area contributed by atoms with E-state index in [1.54, 1.807) is 0 Å². The van der Waals surface area contributed by atoms with Crippen LogP contribution in [0.25, 0.3) is 10.8 Å². The molecule has 2 N–H and O–H groups in total. The monoisotopic (exact) mass is 371 g/mol. The second kappa shape index (κ2) is 6.68. The minimum Gasteiger partial charge on any atom is -0.420 e. The highest BCUT2D eigenvalue weighted by Gasteiger charge is 2.23. The lowest BCUT2D eigenvalue weighted by atomic mass is 9.96. The van der Waals surface area contributed by atoms with Gasteiger partial charge in [0.05, 0.1) is 10.6 Å². The van der Waals surface area contributed by atoms with Gasteiger partial charge >= 0.3 is 0 Å². The molecule has 7 nitrogen and oxygen atoms in total. The molecule has 0 atom stereocenters. The number of nitrogens with zero attached hydrogens (tertiary/aromatic N) is 3. The van der Waals surface area contributed by atoms with Gasteiger partial charge < -0.3 is 9.73 Å². The Morgan fingerprint density at radius 3 is 2.88 bits per heavy atom. The number of hydrogen-bond donors (Lipinski definition) is 2. The average molecular weight is 371 g/mol. The zero-order valence-electron chi connectivity index (χ0n) is 15.0. The van der Waals surface area contributed by atoms with Gasteiger partial charge in [-0.05, 0) is 38.7 Å². The maximum absolute atomic E-state index is 12.7. The SMILES string of the molecule is Cc1sc(-c2nnc(C(C)C)o2)cc1NC(=O)c1n[nH]c2c1CCCC2. The third-order valence-electron chi connectivity index (χ3n) is 4.58. The highest BCUT2D eigenvalue weighted by Crippen LogP contribution is 2.34. The van der Waals surface area contributed by atoms with Crippen LogP contribution in [0.2, 0.25) is 0 Å². The summed E-state index contributed by atoms with van der Waals surface area (Å²) in [6.45, 7) is 5.98. The van der Waals surface area contributed by atoms with Crippen molar-refractivity contribution in [2.24, 2.45) is 0 Å². The van der Waals surface area contributed by atoms with E-state index in [-0.39, 0.29) is 11.8 Å². The first-order valence-corrected chi connectivity index (χ1v) is 9.66. The van der Waals surface area contributed by atoms with Crippen molar-refractivity contribution in [3.63, 3.8) is 0 Å². The molecule has 0 saturated heterocycles. The van der Waals surface area contributed by atoms with Crippen molar-refractivity contribution in [3.05, 3.63) is 33.8 Å². The van der Waals surface area contributed by atoms with Crippen molar-refractivity contribution < 1.29 is 9.21 Å². The number of carbonyl (C=O) groups excluding carboxylic acids is 1. The van der Waals surface area contributed by atoms with E-state index in [9.17, 15) is 4.79 Å². The first-order valence-electron chi connectivity index (χ1n) is 8.84. The largest absolute Gasteiger partial charge is 0.420 e. The van der Waals surface area contributed by atoms with E-state index in [1.165, 1.54) is 11.3 Å². The summed E-state index contributed by atoms with van der Waals surface area (Å²) < 4.78 is 5.71. The smallest absolute Gasteiger partial charge is 0.276 e. The maximum Gasteiger partial charge on any atom is 0.276 e. The fourth-order valence-corrected chi connectivity index (χ4v) is 4.03. The number of anilines is 1. The Kier molecular flexibility index (Phi) is 4.36. The number of carbonyl (C=O) groups is 1. The highest BCUT2D eigenvalue weighted by molar-refractivity contribution is 7.15.